The molecule has 0 amide bonds. The Hall–Kier alpha value is -2.17. The number of methoxy groups -OCH3 is 2. The predicted octanol–water partition coefficient (Wildman–Crippen LogP) is 6.79. The zero-order chi connectivity index (χ0) is 25.1. The summed E-state index contributed by atoms with van der Waals surface area (Å²) < 4.78 is 10.8. The minimum atomic E-state index is -0.592. The number of hydrogen-bond acceptors (Lipinski definition) is 4. The van der Waals surface area contributed by atoms with E-state index in [2.05, 4.69) is 56.0 Å². The lowest BCUT2D eigenvalue weighted by Gasteiger charge is -2.36. The van der Waals surface area contributed by atoms with Gasteiger partial charge >= 0.3 is 0 Å². The number of ether oxygens (including phenoxy) is 2. The SMILES string of the molecule is CCCCCCc1cc(OC)ccc1C1=CCC=C(C(=O)C(C)(C)N(CC)CCOC)C=C1C. The molecule has 1 aliphatic carbocycles. The number of benzene rings is 1. The highest BCUT2D eigenvalue weighted by atomic mass is 16.5. The summed E-state index contributed by atoms with van der Waals surface area (Å²) in [6.45, 7) is 12.7. The molecule has 0 radical (unpaired) electrons. The van der Waals surface area contributed by atoms with Gasteiger partial charge in [0.1, 0.15) is 5.75 Å². The first-order valence-electron chi connectivity index (χ1n) is 12.8. The van der Waals surface area contributed by atoms with Crippen LogP contribution in [0.25, 0.3) is 5.57 Å². The molecule has 0 saturated carbocycles. The van der Waals surface area contributed by atoms with Crippen LogP contribution in [-0.2, 0) is 16.0 Å². The van der Waals surface area contributed by atoms with Gasteiger partial charge in [-0.15, -0.1) is 0 Å². The number of Topliss-reactive ketones (excluding diaryl/α,β-unsaturated/α-hetero) is 1. The first kappa shape index (κ1) is 28.1. The van der Waals surface area contributed by atoms with Crippen molar-refractivity contribution in [2.24, 2.45) is 0 Å². The zero-order valence-electron chi connectivity index (χ0n) is 22.5. The molecule has 1 aromatic rings. The van der Waals surface area contributed by atoms with Crippen molar-refractivity contribution in [3.8, 4) is 5.75 Å². The van der Waals surface area contributed by atoms with Crippen molar-refractivity contribution < 1.29 is 14.3 Å². The molecule has 4 heteroatoms. The van der Waals surface area contributed by atoms with Crippen LogP contribution in [0, 0.1) is 0 Å². The van der Waals surface area contributed by atoms with Gasteiger partial charge in [-0.25, -0.2) is 0 Å². The summed E-state index contributed by atoms with van der Waals surface area (Å²) in [4.78, 5) is 15.8. The minimum absolute atomic E-state index is 0.161. The van der Waals surface area contributed by atoms with Gasteiger partial charge in [-0.1, -0.05) is 51.3 Å². The van der Waals surface area contributed by atoms with E-state index in [1.807, 2.05) is 19.9 Å². The van der Waals surface area contributed by atoms with E-state index in [1.54, 1.807) is 14.2 Å². The van der Waals surface area contributed by atoms with E-state index in [0.29, 0.717) is 6.61 Å². The topological polar surface area (TPSA) is 38.8 Å². The number of rotatable bonds is 14. The van der Waals surface area contributed by atoms with Gasteiger partial charge in [-0.05, 0) is 87.1 Å². The summed E-state index contributed by atoms with van der Waals surface area (Å²) >= 11 is 0. The van der Waals surface area contributed by atoms with Crippen LogP contribution in [0.3, 0.4) is 0 Å². The molecule has 0 heterocycles. The molecular weight excluding hydrogens is 422 g/mol. The van der Waals surface area contributed by atoms with Crippen LogP contribution in [0.2, 0.25) is 0 Å². The summed E-state index contributed by atoms with van der Waals surface area (Å²) in [5.41, 5.74) is 5.13. The molecule has 0 aliphatic heterocycles. The first-order valence-corrected chi connectivity index (χ1v) is 12.8. The van der Waals surface area contributed by atoms with E-state index in [-0.39, 0.29) is 5.78 Å². The van der Waals surface area contributed by atoms with E-state index < -0.39 is 5.54 Å². The maximum Gasteiger partial charge on any atom is 0.182 e. The highest BCUT2D eigenvalue weighted by Gasteiger charge is 2.35. The maximum absolute atomic E-state index is 13.6. The van der Waals surface area contributed by atoms with Crippen LogP contribution in [-0.4, -0.2) is 50.1 Å². The van der Waals surface area contributed by atoms with Crippen molar-refractivity contribution in [1.29, 1.82) is 0 Å². The summed E-state index contributed by atoms with van der Waals surface area (Å²) in [5, 5.41) is 0. The van der Waals surface area contributed by atoms with Gasteiger partial charge in [0, 0.05) is 19.2 Å². The molecule has 0 saturated heterocycles. The van der Waals surface area contributed by atoms with Gasteiger partial charge in [-0.3, -0.25) is 9.69 Å². The van der Waals surface area contributed by atoms with E-state index in [9.17, 15) is 4.79 Å². The number of ketones is 1. The minimum Gasteiger partial charge on any atom is -0.497 e. The molecule has 0 spiro atoms. The third kappa shape index (κ3) is 7.16. The van der Waals surface area contributed by atoms with Crippen molar-refractivity contribution in [2.45, 2.75) is 78.7 Å². The third-order valence-electron chi connectivity index (χ3n) is 6.91. The molecule has 0 fully saturated rings. The van der Waals surface area contributed by atoms with Crippen molar-refractivity contribution in [2.75, 3.05) is 33.9 Å². The van der Waals surface area contributed by atoms with Crippen LogP contribution >= 0.6 is 0 Å². The molecule has 0 N–H and O–H groups in total. The molecule has 0 bridgehead atoms. The number of aryl methyl sites for hydroxylation is 1. The number of unbranched alkanes of at least 4 members (excludes halogenated alkanes) is 3. The Balaban J connectivity index is 2.31. The molecule has 34 heavy (non-hydrogen) atoms. The van der Waals surface area contributed by atoms with Crippen molar-refractivity contribution in [3.63, 3.8) is 0 Å². The summed E-state index contributed by atoms with van der Waals surface area (Å²) in [6.07, 6.45) is 13.1. The fourth-order valence-electron chi connectivity index (χ4n) is 4.76. The highest BCUT2D eigenvalue weighted by Crippen LogP contribution is 2.33. The molecule has 1 aromatic carbocycles. The van der Waals surface area contributed by atoms with Gasteiger partial charge < -0.3 is 9.47 Å². The van der Waals surface area contributed by atoms with Gasteiger partial charge in [0.25, 0.3) is 0 Å². The van der Waals surface area contributed by atoms with Gasteiger partial charge in [0.05, 0.1) is 19.3 Å². The van der Waals surface area contributed by atoms with Gasteiger partial charge in [-0.2, -0.15) is 0 Å². The molecular formula is C30H45NO3. The van der Waals surface area contributed by atoms with Gasteiger partial charge in [0.2, 0.25) is 0 Å². The Morgan fingerprint density at radius 1 is 1.09 bits per heavy atom. The quantitative estimate of drug-likeness (QED) is 0.282. The maximum atomic E-state index is 13.6. The number of likely N-dealkylation sites (N-methyl/N-ethyl adjacent to an activating group) is 1. The number of carbonyl (C=O) groups is 1. The number of hydrogen-bond donors (Lipinski definition) is 0. The largest absolute Gasteiger partial charge is 0.497 e. The highest BCUT2D eigenvalue weighted by molar-refractivity contribution is 6.05. The number of nitrogens with zero attached hydrogens (tertiary/aromatic N) is 1. The van der Waals surface area contributed by atoms with Gasteiger partial charge in [0.15, 0.2) is 5.78 Å². The summed E-state index contributed by atoms with van der Waals surface area (Å²) in [6, 6.07) is 6.40. The lowest BCUT2D eigenvalue weighted by molar-refractivity contribution is -0.125. The molecule has 188 valence electrons. The van der Waals surface area contributed by atoms with E-state index in [1.165, 1.54) is 42.4 Å². The lowest BCUT2D eigenvalue weighted by Crippen LogP contribution is -2.51. The first-order chi connectivity index (χ1) is 16.3. The van der Waals surface area contributed by atoms with Crippen LogP contribution < -0.4 is 4.74 Å². The molecule has 1 aliphatic rings. The summed E-state index contributed by atoms with van der Waals surface area (Å²) in [7, 11) is 3.43. The second-order valence-corrected chi connectivity index (χ2v) is 9.63. The predicted molar refractivity (Wildman–Crippen MR) is 143 cm³/mol. The molecule has 0 aromatic heterocycles. The summed E-state index contributed by atoms with van der Waals surface area (Å²) in [5.74, 6) is 1.06. The normalized spacial score (nSPS) is 14.4. The van der Waals surface area contributed by atoms with E-state index in [4.69, 9.17) is 9.47 Å². The van der Waals surface area contributed by atoms with Crippen LogP contribution in [0.4, 0.5) is 0 Å². The standard InChI is InChI=1S/C30H45NO3/c1-8-10-11-12-14-24-22-26(34-7)17-18-28(24)27-16-13-15-25(21-23(27)3)29(32)30(4,5)31(9-2)19-20-33-6/h15-18,21-22H,8-14,19-20H2,1-7H3. The van der Waals surface area contributed by atoms with Crippen LogP contribution in [0.15, 0.2) is 47.6 Å². The average Bonchev–Trinajstić information content (AvgIpc) is 3.02. The Morgan fingerprint density at radius 2 is 1.85 bits per heavy atom. The fraction of sp³-hybridized carbons (Fsp3) is 0.567. The van der Waals surface area contributed by atoms with Crippen LogP contribution in [0.1, 0.15) is 77.8 Å². The molecule has 0 atom stereocenters. The third-order valence-corrected chi connectivity index (χ3v) is 6.91. The Kier molecular flexibility index (Phi) is 11.3. The Bertz CT molecular complexity index is 908. The van der Waals surface area contributed by atoms with Crippen molar-refractivity contribution >= 4 is 11.4 Å². The van der Waals surface area contributed by atoms with E-state index >= 15 is 0 Å². The van der Waals surface area contributed by atoms with E-state index in [0.717, 1.165) is 42.8 Å². The monoisotopic (exact) mass is 467 g/mol. The fourth-order valence-corrected chi connectivity index (χ4v) is 4.76. The lowest BCUT2D eigenvalue weighted by atomic mass is 9.88. The smallest absolute Gasteiger partial charge is 0.182 e. The zero-order valence-corrected chi connectivity index (χ0v) is 22.5. The molecule has 2 rings (SSSR count). The second-order valence-electron chi connectivity index (χ2n) is 9.63. The Labute approximate surface area is 207 Å². The average molecular weight is 468 g/mol. The van der Waals surface area contributed by atoms with Crippen molar-refractivity contribution in [3.05, 3.63) is 58.7 Å². The molecule has 0 unspecified atom stereocenters. The Morgan fingerprint density at radius 3 is 2.50 bits per heavy atom. The number of allylic oxidation sites excluding steroid dienone is 5. The van der Waals surface area contributed by atoms with Crippen LogP contribution in [0.5, 0.6) is 5.75 Å². The number of carbonyl (C=O) groups excluding carboxylic acids is 1. The second kappa shape index (κ2) is 13.7. The van der Waals surface area contributed by atoms with Crippen molar-refractivity contribution in [1.82, 2.24) is 4.90 Å². The molecule has 4 nitrogen and oxygen atoms in total.